The van der Waals surface area contributed by atoms with Gasteiger partial charge in [-0.05, 0) is 25.9 Å². The van der Waals surface area contributed by atoms with Crippen LogP contribution in [0.2, 0.25) is 0 Å². The van der Waals surface area contributed by atoms with Crippen molar-refractivity contribution in [3.8, 4) is 0 Å². The normalized spacial score (nSPS) is 8.18. The minimum absolute atomic E-state index is 0.833. The van der Waals surface area contributed by atoms with Crippen LogP contribution in [0.15, 0.2) is 18.7 Å². The summed E-state index contributed by atoms with van der Waals surface area (Å²) in [6.07, 6.45) is 10.3. The number of nitrogens with zero attached hydrogens (tertiary/aromatic N) is 1. The average Bonchev–Trinajstić information content (AvgIpc) is 2.96. The third-order valence-electron chi connectivity index (χ3n) is 1.82. The molecule has 1 aromatic heterocycles. The van der Waals surface area contributed by atoms with Crippen molar-refractivity contribution in [1.82, 2.24) is 15.3 Å². The van der Waals surface area contributed by atoms with Gasteiger partial charge in [0.1, 0.15) is 0 Å². The summed E-state index contributed by atoms with van der Waals surface area (Å²) in [5.74, 6) is -1.67. The molecule has 0 saturated heterocycles. The number of hydrogen-bond donors (Lipinski definition) is 4. The SMILES string of the molecule is CC(=O)O.CC(=O)O.CCCCNCCCC.c1c[nH]cn1. The Morgan fingerprint density at radius 3 is 1.64 bits per heavy atom. The van der Waals surface area contributed by atoms with Crippen molar-refractivity contribution in [2.75, 3.05) is 13.1 Å². The summed E-state index contributed by atoms with van der Waals surface area (Å²) in [7, 11) is 0. The number of hydrogen-bond acceptors (Lipinski definition) is 4. The summed E-state index contributed by atoms with van der Waals surface area (Å²) >= 11 is 0. The maximum absolute atomic E-state index is 9.00. The second-order valence-corrected chi connectivity index (χ2v) is 4.26. The topological polar surface area (TPSA) is 115 Å². The number of carboxylic acids is 2. The summed E-state index contributed by atoms with van der Waals surface area (Å²) in [6, 6.07) is 0. The predicted molar refractivity (Wildman–Crippen MR) is 87.9 cm³/mol. The molecule has 4 N–H and O–H groups in total. The number of nitrogens with one attached hydrogen (secondary N) is 2. The summed E-state index contributed by atoms with van der Waals surface area (Å²) in [5.41, 5.74) is 0. The minimum atomic E-state index is -0.833. The minimum Gasteiger partial charge on any atom is -0.481 e. The highest BCUT2D eigenvalue weighted by Gasteiger charge is 1.83. The molecule has 1 rings (SSSR count). The number of H-pyrrole nitrogens is 1. The largest absolute Gasteiger partial charge is 0.481 e. The van der Waals surface area contributed by atoms with E-state index in [1.165, 1.54) is 38.8 Å². The van der Waals surface area contributed by atoms with Gasteiger partial charge in [-0.25, -0.2) is 4.98 Å². The molecule has 0 aliphatic rings. The fraction of sp³-hybridized carbons (Fsp3) is 0.667. The van der Waals surface area contributed by atoms with Gasteiger partial charge < -0.3 is 20.5 Å². The van der Waals surface area contributed by atoms with Gasteiger partial charge in [0.15, 0.2) is 0 Å². The van der Waals surface area contributed by atoms with E-state index >= 15 is 0 Å². The van der Waals surface area contributed by atoms with Crippen LogP contribution in [0.25, 0.3) is 0 Å². The molecule has 1 aromatic rings. The van der Waals surface area contributed by atoms with Gasteiger partial charge in [-0.15, -0.1) is 0 Å². The fourth-order valence-corrected chi connectivity index (χ4v) is 0.944. The Labute approximate surface area is 133 Å². The number of aromatic amines is 1. The smallest absolute Gasteiger partial charge is 0.300 e. The molecule has 130 valence electrons. The van der Waals surface area contributed by atoms with Crippen LogP contribution in [0.1, 0.15) is 53.4 Å². The maximum atomic E-state index is 9.00. The van der Waals surface area contributed by atoms with Crippen LogP contribution >= 0.6 is 0 Å². The molecule has 7 heteroatoms. The van der Waals surface area contributed by atoms with Gasteiger partial charge in [0, 0.05) is 26.2 Å². The van der Waals surface area contributed by atoms with Crippen LogP contribution in [-0.4, -0.2) is 45.2 Å². The van der Waals surface area contributed by atoms with Gasteiger partial charge in [-0.2, -0.15) is 0 Å². The highest BCUT2D eigenvalue weighted by atomic mass is 16.4. The Hall–Kier alpha value is -1.89. The van der Waals surface area contributed by atoms with Gasteiger partial charge in [0.05, 0.1) is 6.33 Å². The zero-order valence-corrected chi connectivity index (χ0v) is 14.1. The van der Waals surface area contributed by atoms with Crippen LogP contribution in [0, 0.1) is 0 Å². The Kier molecular flexibility index (Phi) is 27.5. The summed E-state index contributed by atoms with van der Waals surface area (Å²) < 4.78 is 0. The van der Waals surface area contributed by atoms with Gasteiger partial charge >= 0.3 is 0 Å². The Morgan fingerprint density at radius 1 is 1.05 bits per heavy atom. The molecule has 0 aliphatic heterocycles. The fourth-order valence-electron chi connectivity index (χ4n) is 0.944. The zero-order valence-electron chi connectivity index (χ0n) is 14.1. The van der Waals surface area contributed by atoms with E-state index in [-0.39, 0.29) is 0 Å². The molecule has 22 heavy (non-hydrogen) atoms. The van der Waals surface area contributed by atoms with E-state index in [0.29, 0.717) is 0 Å². The molecule has 0 spiro atoms. The lowest BCUT2D eigenvalue weighted by molar-refractivity contribution is -0.135. The lowest BCUT2D eigenvalue weighted by atomic mass is 10.3. The van der Waals surface area contributed by atoms with E-state index in [4.69, 9.17) is 19.8 Å². The second-order valence-electron chi connectivity index (χ2n) is 4.26. The first-order chi connectivity index (χ1) is 10.4. The van der Waals surface area contributed by atoms with Gasteiger partial charge in [0.25, 0.3) is 11.9 Å². The molecule has 0 saturated carbocycles. The number of carbonyl (C=O) groups is 2. The highest BCUT2D eigenvalue weighted by Crippen LogP contribution is 1.85. The lowest BCUT2D eigenvalue weighted by Gasteiger charge is -1.99. The highest BCUT2D eigenvalue weighted by molar-refractivity contribution is 5.63. The summed E-state index contributed by atoms with van der Waals surface area (Å²) in [4.78, 5) is 24.4. The number of imidazole rings is 1. The zero-order chi connectivity index (χ0) is 17.6. The monoisotopic (exact) mass is 317 g/mol. The third-order valence-corrected chi connectivity index (χ3v) is 1.82. The van der Waals surface area contributed by atoms with E-state index in [2.05, 4.69) is 29.1 Å². The first-order valence-corrected chi connectivity index (χ1v) is 7.40. The third kappa shape index (κ3) is 63.9. The van der Waals surface area contributed by atoms with Crippen LogP contribution in [0.5, 0.6) is 0 Å². The van der Waals surface area contributed by atoms with E-state index in [1.54, 1.807) is 18.7 Å². The van der Waals surface area contributed by atoms with E-state index < -0.39 is 11.9 Å². The lowest BCUT2D eigenvalue weighted by Crippen LogP contribution is -2.15. The molecular formula is C15H31N3O4. The van der Waals surface area contributed by atoms with E-state index in [9.17, 15) is 0 Å². The van der Waals surface area contributed by atoms with Crippen molar-refractivity contribution in [3.63, 3.8) is 0 Å². The van der Waals surface area contributed by atoms with Crippen LogP contribution < -0.4 is 5.32 Å². The first kappa shape index (κ1) is 25.1. The molecule has 0 fully saturated rings. The average molecular weight is 317 g/mol. The van der Waals surface area contributed by atoms with Crippen molar-refractivity contribution < 1.29 is 19.8 Å². The number of aliphatic carboxylic acids is 2. The number of carboxylic acid groups (broad SMARTS) is 2. The number of aromatic nitrogens is 2. The van der Waals surface area contributed by atoms with Crippen LogP contribution in [-0.2, 0) is 9.59 Å². The van der Waals surface area contributed by atoms with Crippen molar-refractivity contribution in [2.45, 2.75) is 53.4 Å². The van der Waals surface area contributed by atoms with Crippen molar-refractivity contribution in [2.24, 2.45) is 0 Å². The van der Waals surface area contributed by atoms with Crippen molar-refractivity contribution >= 4 is 11.9 Å². The molecule has 7 nitrogen and oxygen atoms in total. The molecule has 0 aromatic carbocycles. The maximum Gasteiger partial charge on any atom is 0.300 e. The Bertz CT molecular complexity index is 273. The summed E-state index contributed by atoms with van der Waals surface area (Å²) in [5, 5.41) is 18.2. The molecule has 0 atom stereocenters. The van der Waals surface area contributed by atoms with Crippen LogP contribution in [0.3, 0.4) is 0 Å². The molecular weight excluding hydrogens is 286 g/mol. The van der Waals surface area contributed by atoms with Crippen molar-refractivity contribution in [1.29, 1.82) is 0 Å². The van der Waals surface area contributed by atoms with Gasteiger partial charge in [-0.3, -0.25) is 9.59 Å². The molecule has 0 unspecified atom stereocenters. The molecule has 0 aliphatic carbocycles. The molecule has 0 amide bonds. The number of rotatable bonds is 6. The summed E-state index contributed by atoms with van der Waals surface area (Å²) in [6.45, 7) is 9.02. The number of unbranched alkanes of at least 4 members (excludes halogenated alkanes) is 2. The molecule has 1 heterocycles. The van der Waals surface area contributed by atoms with Gasteiger partial charge in [0.2, 0.25) is 0 Å². The predicted octanol–water partition coefficient (Wildman–Crippen LogP) is 2.77. The molecule has 0 radical (unpaired) electrons. The van der Waals surface area contributed by atoms with Gasteiger partial charge in [-0.1, -0.05) is 26.7 Å². The van der Waals surface area contributed by atoms with E-state index in [0.717, 1.165) is 13.8 Å². The Balaban J connectivity index is -0.000000236. The first-order valence-electron chi connectivity index (χ1n) is 7.40. The molecule has 0 bridgehead atoms. The Morgan fingerprint density at radius 2 is 1.45 bits per heavy atom. The second kappa shape index (κ2) is 24.1. The van der Waals surface area contributed by atoms with E-state index in [1.807, 2.05) is 0 Å². The standard InChI is InChI=1S/C8H19N.C3H4N2.2C2H4O2/c1-3-5-7-9-8-6-4-2;1-2-5-3-4-1;2*1-2(3)4/h9H,3-8H2,1-2H3;1-3H,(H,4,5);2*1H3,(H,3,4). The van der Waals surface area contributed by atoms with Crippen molar-refractivity contribution in [3.05, 3.63) is 18.7 Å². The quantitative estimate of drug-likeness (QED) is 0.600. The van der Waals surface area contributed by atoms with Crippen LogP contribution in [0.4, 0.5) is 0 Å².